The van der Waals surface area contributed by atoms with E-state index in [1.807, 2.05) is 31.2 Å². The molecule has 1 saturated carbocycles. The van der Waals surface area contributed by atoms with E-state index >= 15 is 0 Å². The first-order valence-electron chi connectivity index (χ1n) is 9.73. The quantitative estimate of drug-likeness (QED) is 0.787. The molecule has 2 aromatic rings. The average Bonchev–Trinajstić information content (AvgIpc) is 3.17. The van der Waals surface area contributed by atoms with Gasteiger partial charge in [0.05, 0.1) is 12.3 Å². The summed E-state index contributed by atoms with van der Waals surface area (Å²) in [4.78, 5) is 18.6. The van der Waals surface area contributed by atoms with Gasteiger partial charge in [0, 0.05) is 25.9 Å². The van der Waals surface area contributed by atoms with E-state index in [1.165, 1.54) is 19.3 Å². The Balaban J connectivity index is 1.51. The number of hydrogen-bond donors (Lipinski definition) is 1. The highest BCUT2D eigenvalue weighted by Crippen LogP contribution is 2.31. The lowest BCUT2D eigenvalue weighted by molar-refractivity contribution is 0.222. The molecule has 0 saturated heterocycles. The largest absolute Gasteiger partial charge is 0.492 e. The molecule has 1 aromatic heterocycles. The normalized spacial score (nSPS) is 14.7. The summed E-state index contributed by atoms with van der Waals surface area (Å²) >= 11 is 0. The lowest BCUT2D eigenvalue weighted by Crippen LogP contribution is -2.33. The summed E-state index contributed by atoms with van der Waals surface area (Å²) in [6.45, 7) is 2.97. The van der Waals surface area contributed by atoms with Crippen molar-refractivity contribution in [2.75, 3.05) is 25.5 Å². The number of hydrogen-bond acceptors (Lipinski definition) is 5. The van der Waals surface area contributed by atoms with Crippen molar-refractivity contribution < 1.29 is 14.1 Å². The Labute approximate surface area is 160 Å². The van der Waals surface area contributed by atoms with Crippen LogP contribution >= 0.6 is 0 Å². The van der Waals surface area contributed by atoms with Gasteiger partial charge in [-0.1, -0.05) is 36.6 Å². The van der Waals surface area contributed by atoms with Gasteiger partial charge < -0.3 is 19.5 Å². The van der Waals surface area contributed by atoms with Gasteiger partial charge in [0.2, 0.25) is 5.89 Å². The van der Waals surface area contributed by atoms with Crippen molar-refractivity contribution in [1.29, 1.82) is 0 Å². The maximum Gasteiger partial charge on any atom is 0.321 e. The summed E-state index contributed by atoms with van der Waals surface area (Å²) in [5, 5.41) is 6.97. The van der Waals surface area contributed by atoms with E-state index in [4.69, 9.17) is 9.26 Å². The number of carbonyl (C=O) groups excluding carboxylic acids is 1. The third-order valence-corrected chi connectivity index (χ3v) is 4.88. The van der Waals surface area contributed by atoms with Crippen LogP contribution in [0.25, 0.3) is 0 Å². The number of para-hydroxylation sites is 2. The Morgan fingerprint density at radius 3 is 2.85 bits per heavy atom. The van der Waals surface area contributed by atoms with E-state index in [1.54, 1.807) is 11.9 Å². The average molecular weight is 372 g/mol. The maximum atomic E-state index is 12.4. The number of rotatable bonds is 7. The number of amides is 2. The summed E-state index contributed by atoms with van der Waals surface area (Å²) in [6, 6.07) is 7.21. The first-order valence-corrected chi connectivity index (χ1v) is 9.73. The molecule has 1 N–H and O–H groups in total. The fourth-order valence-electron chi connectivity index (χ4n) is 3.32. The Morgan fingerprint density at radius 2 is 2.07 bits per heavy atom. The minimum Gasteiger partial charge on any atom is -0.492 e. The first-order chi connectivity index (χ1) is 13.2. The second-order valence-electron chi connectivity index (χ2n) is 6.91. The van der Waals surface area contributed by atoms with Crippen molar-refractivity contribution in [2.24, 2.45) is 0 Å². The van der Waals surface area contributed by atoms with Crippen molar-refractivity contribution in [3.05, 3.63) is 36.0 Å². The SMILES string of the molecule is CCOc1ccccc1NC(=O)N(C)CCc1noc(C2CCCCC2)n1. The van der Waals surface area contributed by atoms with E-state index in [0.717, 1.165) is 18.7 Å². The van der Waals surface area contributed by atoms with Crippen LogP contribution in [0.2, 0.25) is 0 Å². The van der Waals surface area contributed by atoms with Crippen LogP contribution in [-0.2, 0) is 6.42 Å². The van der Waals surface area contributed by atoms with E-state index < -0.39 is 0 Å². The molecule has 1 heterocycles. The molecule has 146 valence electrons. The Hall–Kier alpha value is -2.57. The van der Waals surface area contributed by atoms with Gasteiger partial charge in [0.1, 0.15) is 5.75 Å². The third-order valence-electron chi connectivity index (χ3n) is 4.88. The number of benzene rings is 1. The lowest BCUT2D eigenvalue weighted by Gasteiger charge is -2.18. The number of likely N-dealkylation sites (N-methyl/N-ethyl adjacent to an activating group) is 1. The van der Waals surface area contributed by atoms with Gasteiger partial charge in [0.15, 0.2) is 5.82 Å². The molecule has 27 heavy (non-hydrogen) atoms. The second kappa shape index (κ2) is 9.39. The van der Waals surface area contributed by atoms with Gasteiger partial charge >= 0.3 is 6.03 Å². The number of urea groups is 1. The van der Waals surface area contributed by atoms with Crippen molar-refractivity contribution in [1.82, 2.24) is 15.0 Å². The third kappa shape index (κ3) is 5.21. The molecule has 0 radical (unpaired) electrons. The first kappa shape index (κ1) is 19.2. The van der Waals surface area contributed by atoms with Crippen molar-refractivity contribution in [3.63, 3.8) is 0 Å². The van der Waals surface area contributed by atoms with Gasteiger partial charge in [-0.3, -0.25) is 0 Å². The number of nitrogens with zero attached hydrogens (tertiary/aromatic N) is 3. The van der Waals surface area contributed by atoms with Crippen LogP contribution in [0.3, 0.4) is 0 Å². The van der Waals surface area contributed by atoms with Gasteiger partial charge in [-0.2, -0.15) is 4.98 Å². The highest BCUT2D eigenvalue weighted by atomic mass is 16.5. The number of ether oxygens (including phenoxy) is 1. The fourth-order valence-corrected chi connectivity index (χ4v) is 3.32. The molecule has 0 spiro atoms. The minimum atomic E-state index is -0.196. The van der Waals surface area contributed by atoms with Gasteiger partial charge in [-0.15, -0.1) is 0 Å². The van der Waals surface area contributed by atoms with Gasteiger partial charge in [-0.05, 0) is 31.9 Å². The standard InChI is InChI=1S/C20H28N4O3/c1-3-26-17-12-8-7-11-16(17)21-20(25)24(2)14-13-18-22-19(27-23-18)15-9-5-4-6-10-15/h7-8,11-12,15H,3-6,9-10,13-14H2,1-2H3,(H,21,25). The smallest absolute Gasteiger partial charge is 0.321 e. The molecule has 0 unspecified atom stereocenters. The molecule has 1 aliphatic rings. The molecule has 7 heteroatoms. The minimum absolute atomic E-state index is 0.196. The lowest BCUT2D eigenvalue weighted by atomic mass is 9.89. The zero-order valence-corrected chi connectivity index (χ0v) is 16.1. The van der Waals surface area contributed by atoms with Crippen molar-refractivity contribution >= 4 is 11.7 Å². The van der Waals surface area contributed by atoms with Crippen LogP contribution in [0.1, 0.15) is 56.7 Å². The summed E-state index contributed by atoms with van der Waals surface area (Å²) in [5.74, 6) is 2.47. The molecule has 0 bridgehead atoms. The van der Waals surface area contributed by atoms with Crippen LogP contribution in [0.4, 0.5) is 10.5 Å². The van der Waals surface area contributed by atoms with Crippen LogP contribution in [-0.4, -0.2) is 41.3 Å². The van der Waals surface area contributed by atoms with Gasteiger partial charge in [-0.25, -0.2) is 4.79 Å². The topological polar surface area (TPSA) is 80.5 Å². The highest BCUT2D eigenvalue weighted by molar-refractivity contribution is 5.90. The molecule has 7 nitrogen and oxygen atoms in total. The fraction of sp³-hybridized carbons (Fsp3) is 0.550. The van der Waals surface area contributed by atoms with E-state index in [9.17, 15) is 4.79 Å². The van der Waals surface area contributed by atoms with Gasteiger partial charge in [0.25, 0.3) is 0 Å². The molecular weight excluding hydrogens is 344 g/mol. The monoisotopic (exact) mass is 372 g/mol. The molecular formula is C20H28N4O3. The Bertz CT molecular complexity index is 740. The summed E-state index contributed by atoms with van der Waals surface area (Å²) < 4.78 is 11.0. The number of anilines is 1. The summed E-state index contributed by atoms with van der Waals surface area (Å²) in [5.41, 5.74) is 0.662. The molecule has 1 aliphatic carbocycles. The molecule has 1 fully saturated rings. The van der Waals surface area contributed by atoms with Crippen LogP contribution in [0, 0.1) is 0 Å². The summed E-state index contributed by atoms with van der Waals surface area (Å²) in [7, 11) is 1.75. The number of aromatic nitrogens is 2. The highest BCUT2D eigenvalue weighted by Gasteiger charge is 2.21. The van der Waals surface area contributed by atoms with Crippen LogP contribution in [0.15, 0.2) is 28.8 Å². The van der Waals surface area contributed by atoms with E-state index in [0.29, 0.717) is 42.8 Å². The van der Waals surface area contributed by atoms with E-state index in [-0.39, 0.29) is 6.03 Å². The number of nitrogens with one attached hydrogen (secondary N) is 1. The predicted molar refractivity (Wildman–Crippen MR) is 103 cm³/mol. The molecule has 1 aromatic carbocycles. The number of carbonyl (C=O) groups is 1. The summed E-state index contributed by atoms with van der Waals surface area (Å²) in [6.07, 6.45) is 6.58. The molecule has 0 atom stereocenters. The van der Waals surface area contributed by atoms with Crippen LogP contribution < -0.4 is 10.1 Å². The molecule has 0 aliphatic heterocycles. The van der Waals surface area contributed by atoms with Crippen molar-refractivity contribution in [2.45, 2.75) is 51.4 Å². The Kier molecular flexibility index (Phi) is 6.68. The Morgan fingerprint density at radius 1 is 1.30 bits per heavy atom. The predicted octanol–water partition coefficient (Wildman–Crippen LogP) is 4.22. The molecule has 2 amide bonds. The second-order valence-corrected chi connectivity index (χ2v) is 6.91. The zero-order chi connectivity index (χ0) is 19.1. The van der Waals surface area contributed by atoms with Crippen LogP contribution in [0.5, 0.6) is 5.75 Å². The zero-order valence-electron chi connectivity index (χ0n) is 16.1. The maximum absolute atomic E-state index is 12.4. The van der Waals surface area contributed by atoms with Crippen molar-refractivity contribution in [3.8, 4) is 5.75 Å². The molecule has 3 rings (SSSR count). The van der Waals surface area contributed by atoms with E-state index in [2.05, 4.69) is 15.5 Å².